The molecule has 2 amide bonds. The summed E-state index contributed by atoms with van der Waals surface area (Å²) >= 11 is 11.0. The van der Waals surface area contributed by atoms with Crippen LogP contribution in [0.1, 0.15) is 25.0 Å². The molecule has 0 unspecified atom stereocenters. The molecule has 0 heterocycles. The van der Waals surface area contributed by atoms with Crippen molar-refractivity contribution in [1.29, 1.82) is 0 Å². The van der Waals surface area contributed by atoms with E-state index < -0.39 is 6.04 Å². The van der Waals surface area contributed by atoms with Gasteiger partial charge < -0.3 is 10.2 Å². The predicted octanol–water partition coefficient (Wildman–Crippen LogP) is 4.89. The molecule has 0 aliphatic rings. The zero-order valence-corrected chi connectivity index (χ0v) is 19.1. The van der Waals surface area contributed by atoms with Crippen LogP contribution in [0.15, 0.2) is 53.0 Å². The van der Waals surface area contributed by atoms with Crippen molar-refractivity contribution in [2.75, 3.05) is 12.3 Å². The molecule has 0 bridgehead atoms. The number of carbonyl (C=O) groups is 2. The first kappa shape index (κ1) is 22.8. The van der Waals surface area contributed by atoms with E-state index >= 15 is 0 Å². The number of amides is 2. The summed E-state index contributed by atoms with van der Waals surface area (Å²) in [7, 11) is 0. The largest absolute Gasteiger partial charge is 0.355 e. The van der Waals surface area contributed by atoms with E-state index in [4.69, 9.17) is 11.6 Å². The average molecular weight is 484 g/mol. The minimum atomic E-state index is -0.543. The molecule has 0 saturated carbocycles. The maximum Gasteiger partial charge on any atom is 0.242 e. The second-order valence-corrected chi connectivity index (χ2v) is 8.68. The van der Waals surface area contributed by atoms with E-state index in [0.29, 0.717) is 29.6 Å². The van der Waals surface area contributed by atoms with Crippen LogP contribution in [-0.4, -0.2) is 35.1 Å². The predicted molar refractivity (Wildman–Crippen MR) is 120 cm³/mol. The molecule has 1 N–H and O–H groups in total. The molecule has 150 valence electrons. The highest BCUT2D eigenvalue weighted by Crippen LogP contribution is 2.19. The van der Waals surface area contributed by atoms with Crippen LogP contribution in [0, 0.1) is 0 Å². The van der Waals surface area contributed by atoms with Gasteiger partial charge in [0.1, 0.15) is 6.04 Å². The maximum absolute atomic E-state index is 12.9. The van der Waals surface area contributed by atoms with Crippen molar-refractivity contribution in [3.63, 3.8) is 0 Å². The number of rotatable bonds is 9. The number of benzene rings is 2. The van der Waals surface area contributed by atoms with Gasteiger partial charge in [0.15, 0.2) is 0 Å². The van der Waals surface area contributed by atoms with Gasteiger partial charge in [0.25, 0.3) is 0 Å². The van der Waals surface area contributed by atoms with E-state index in [1.807, 2.05) is 55.5 Å². The summed E-state index contributed by atoms with van der Waals surface area (Å²) in [5.41, 5.74) is 2.04. The molecule has 2 rings (SSSR count). The summed E-state index contributed by atoms with van der Waals surface area (Å²) in [4.78, 5) is 26.9. The molecule has 4 nitrogen and oxygen atoms in total. The van der Waals surface area contributed by atoms with Crippen LogP contribution < -0.4 is 5.32 Å². The van der Waals surface area contributed by atoms with Crippen molar-refractivity contribution in [3.8, 4) is 0 Å². The average Bonchev–Trinajstić information content (AvgIpc) is 2.66. The third kappa shape index (κ3) is 7.15. The van der Waals surface area contributed by atoms with Crippen LogP contribution in [0.3, 0.4) is 0 Å². The SMILES string of the molecule is CCNC(=O)[C@@H](C)N(Cc1cccc(Br)c1)C(=O)CSCc1cccc(Cl)c1. The molecule has 28 heavy (non-hydrogen) atoms. The highest BCUT2D eigenvalue weighted by atomic mass is 79.9. The minimum Gasteiger partial charge on any atom is -0.355 e. The van der Waals surface area contributed by atoms with Crippen LogP contribution in [0.25, 0.3) is 0 Å². The van der Waals surface area contributed by atoms with E-state index in [1.54, 1.807) is 11.8 Å². The Balaban J connectivity index is 2.05. The molecule has 0 aromatic heterocycles. The molecule has 2 aromatic carbocycles. The Morgan fingerprint density at radius 2 is 1.89 bits per heavy atom. The van der Waals surface area contributed by atoms with Gasteiger partial charge in [0.2, 0.25) is 11.8 Å². The topological polar surface area (TPSA) is 49.4 Å². The third-order valence-electron chi connectivity index (χ3n) is 4.14. The second kappa shape index (κ2) is 11.5. The molecule has 0 aliphatic carbocycles. The molecule has 0 aliphatic heterocycles. The van der Waals surface area contributed by atoms with Gasteiger partial charge in [-0.2, -0.15) is 0 Å². The van der Waals surface area contributed by atoms with Gasteiger partial charge in [-0.3, -0.25) is 9.59 Å². The van der Waals surface area contributed by atoms with Crippen molar-refractivity contribution in [2.24, 2.45) is 0 Å². The number of nitrogens with zero attached hydrogens (tertiary/aromatic N) is 1. The zero-order chi connectivity index (χ0) is 20.5. The summed E-state index contributed by atoms with van der Waals surface area (Å²) in [6, 6.07) is 14.8. The third-order valence-corrected chi connectivity index (χ3v) is 5.86. The number of carbonyl (C=O) groups excluding carboxylic acids is 2. The van der Waals surface area contributed by atoms with Crippen LogP contribution in [-0.2, 0) is 21.9 Å². The van der Waals surface area contributed by atoms with Gasteiger partial charge in [0.05, 0.1) is 5.75 Å². The fraction of sp³-hybridized carbons (Fsp3) is 0.333. The van der Waals surface area contributed by atoms with E-state index in [-0.39, 0.29) is 11.8 Å². The zero-order valence-electron chi connectivity index (χ0n) is 16.0. The lowest BCUT2D eigenvalue weighted by molar-refractivity contribution is -0.138. The van der Waals surface area contributed by atoms with Gasteiger partial charge >= 0.3 is 0 Å². The van der Waals surface area contributed by atoms with Crippen molar-refractivity contribution in [3.05, 3.63) is 69.2 Å². The minimum absolute atomic E-state index is 0.0641. The van der Waals surface area contributed by atoms with Gasteiger partial charge in [-0.1, -0.05) is 51.8 Å². The Morgan fingerprint density at radius 1 is 1.18 bits per heavy atom. The lowest BCUT2D eigenvalue weighted by atomic mass is 10.1. The van der Waals surface area contributed by atoms with E-state index in [0.717, 1.165) is 15.6 Å². The highest BCUT2D eigenvalue weighted by Gasteiger charge is 2.25. The molecule has 2 aromatic rings. The first-order valence-corrected chi connectivity index (χ1v) is 11.4. The maximum atomic E-state index is 12.9. The molecule has 0 radical (unpaired) electrons. The van der Waals surface area contributed by atoms with Crippen LogP contribution in [0.2, 0.25) is 5.02 Å². The normalized spacial score (nSPS) is 11.7. The molecule has 0 spiro atoms. The Kier molecular flexibility index (Phi) is 9.35. The molecule has 0 fully saturated rings. The molecule has 1 atom stereocenters. The van der Waals surface area contributed by atoms with Crippen LogP contribution in [0.5, 0.6) is 0 Å². The summed E-state index contributed by atoms with van der Waals surface area (Å²) in [5.74, 6) is 0.771. The van der Waals surface area contributed by atoms with Crippen molar-refractivity contribution in [1.82, 2.24) is 10.2 Å². The number of halogens is 2. The van der Waals surface area contributed by atoms with Gasteiger partial charge in [-0.25, -0.2) is 0 Å². The summed E-state index contributed by atoms with van der Waals surface area (Å²) in [6.07, 6.45) is 0. The van der Waals surface area contributed by atoms with E-state index in [9.17, 15) is 9.59 Å². The highest BCUT2D eigenvalue weighted by molar-refractivity contribution is 9.10. The fourth-order valence-corrected chi connectivity index (χ4v) is 4.22. The Bertz CT molecular complexity index is 818. The molecular formula is C21H24BrClN2O2S. The first-order valence-electron chi connectivity index (χ1n) is 9.04. The van der Waals surface area contributed by atoms with Gasteiger partial charge in [-0.05, 0) is 49.2 Å². The summed E-state index contributed by atoms with van der Waals surface area (Å²) < 4.78 is 0.943. The van der Waals surface area contributed by atoms with Crippen LogP contribution >= 0.6 is 39.3 Å². The fourth-order valence-electron chi connectivity index (χ4n) is 2.70. The number of hydrogen-bond donors (Lipinski definition) is 1. The molecular weight excluding hydrogens is 460 g/mol. The number of thioether (sulfide) groups is 1. The van der Waals surface area contributed by atoms with E-state index in [1.165, 1.54) is 11.8 Å². The standard InChI is InChI=1S/C21H24BrClN2O2S/c1-3-24-21(27)15(2)25(12-16-6-4-8-18(22)10-16)20(26)14-28-13-17-7-5-9-19(23)11-17/h4-11,15H,3,12-14H2,1-2H3,(H,24,27)/t15-/m1/s1. The van der Waals surface area contributed by atoms with Gasteiger partial charge in [-0.15, -0.1) is 11.8 Å². The van der Waals surface area contributed by atoms with E-state index in [2.05, 4.69) is 21.2 Å². The van der Waals surface area contributed by atoms with Crippen molar-refractivity contribution >= 4 is 51.1 Å². The van der Waals surface area contributed by atoms with Crippen molar-refractivity contribution in [2.45, 2.75) is 32.2 Å². The summed E-state index contributed by atoms with van der Waals surface area (Å²) in [6.45, 7) is 4.55. The lowest BCUT2D eigenvalue weighted by Crippen LogP contribution is -2.48. The van der Waals surface area contributed by atoms with Gasteiger partial charge in [0, 0.05) is 28.3 Å². The smallest absolute Gasteiger partial charge is 0.242 e. The quantitative estimate of drug-likeness (QED) is 0.552. The number of hydrogen-bond acceptors (Lipinski definition) is 3. The second-order valence-electron chi connectivity index (χ2n) is 6.34. The number of nitrogens with one attached hydrogen (secondary N) is 1. The Hall–Kier alpha value is -1.50. The molecule has 0 saturated heterocycles. The Morgan fingerprint density at radius 3 is 2.57 bits per heavy atom. The first-order chi connectivity index (χ1) is 13.4. The Labute approximate surface area is 184 Å². The molecule has 7 heteroatoms. The summed E-state index contributed by atoms with van der Waals surface area (Å²) in [5, 5.41) is 3.49. The lowest BCUT2D eigenvalue weighted by Gasteiger charge is -2.28. The van der Waals surface area contributed by atoms with Crippen molar-refractivity contribution < 1.29 is 9.59 Å². The number of likely N-dealkylation sites (N-methyl/N-ethyl adjacent to an activating group) is 1. The monoisotopic (exact) mass is 482 g/mol. The van der Waals surface area contributed by atoms with Crippen LogP contribution in [0.4, 0.5) is 0 Å².